The highest BCUT2D eigenvalue weighted by atomic mass is 16.3. The van der Waals surface area contributed by atoms with Gasteiger partial charge in [0.15, 0.2) is 0 Å². The summed E-state index contributed by atoms with van der Waals surface area (Å²) in [4.78, 5) is 11.9. The molecule has 0 spiro atoms. The van der Waals surface area contributed by atoms with Gasteiger partial charge in [-0.2, -0.15) is 0 Å². The molecular formula is C24H30N4O. The zero-order chi connectivity index (χ0) is 19.8. The van der Waals surface area contributed by atoms with Crippen molar-refractivity contribution in [3.63, 3.8) is 0 Å². The number of hydrogen-bond donors (Lipinski definition) is 1. The smallest absolute Gasteiger partial charge is 0.0777 e. The highest BCUT2D eigenvalue weighted by Gasteiger charge is 2.24. The van der Waals surface area contributed by atoms with Crippen LogP contribution in [-0.2, 0) is 6.42 Å². The number of hydrogen-bond acceptors (Lipinski definition) is 5. The molecule has 3 aliphatic rings. The van der Waals surface area contributed by atoms with Crippen LogP contribution >= 0.6 is 0 Å². The van der Waals surface area contributed by atoms with E-state index in [0.717, 1.165) is 64.3 Å². The highest BCUT2D eigenvalue weighted by Crippen LogP contribution is 2.34. The van der Waals surface area contributed by atoms with E-state index >= 15 is 0 Å². The second-order valence-corrected chi connectivity index (χ2v) is 8.73. The van der Waals surface area contributed by atoms with Crippen molar-refractivity contribution in [3.8, 4) is 11.3 Å². The molecule has 3 heterocycles. The molecule has 0 bridgehead atoms. The summed E-state index contributed by atoms with van der Waals surface area (Å²) in [7, 11) is 2.19. The van der Waals surface area contributed by atoms with E-state index in [1.165, 1.54) is 28.0 Å². The van der Waals surface area contributed by atoms with Gasteiger partial charge in [0.2, 0.25) is 0 Å². The molecule has 5 nitrogen and oxygen atoms in total. The molecule has 1 N–H and O–H groups in total. The molecule has 2 saturated heterocycles. The van der Waals surface area contributed by atoms with Crippen molar-refractivity contribution in [2.75, 3.05) is 57.8 Å². The summed E-state index contributed by atoms with van der Waals surface area (Å²) < 4.78 is 0. The third-order valence-electron chi connectivity index (χ3n) is 6.53. The van der Waals surface area contributed by atoms with Crippen molar-refractivity contribution < 1.29 is 5.11 Å². The van der Waals surface area contributed by atoms with Crippen LogP contribution in [0.5, 0.6) is 0 Å². The van der Waals surface area contributed by atoms with Gasteiger partial charge in [0.05, 0.1) is 11.8 Å². The minimum Gasteiger partial charge on any atom is -0.392 e. The first kappa shape index (κ1) is 18.8. The molecule has 1 aliphatic carbocycles. The molecule has 1 atom stereocenters. The fraction of sp³-hybridized carbons (Fsp3) is 0.458. The second-order valence-electron chi connectivity index (χ2n) is 8.73. The molecule has 29 heavy (non-hydrogen) atoms. The molecule has 1 unspecified atom stereocenters. The number of aromatic nitrogens is 1. The fourth-order valence-electron chi connectivity index (χ4n) is 4.80. The van der Waals surface area contributed by atoms with Gasteiger partial charge in [-0.05, 0) is 43.7 Å². The Hall–Kier alpha value is -2.21. The van der Waals surface area contributed by atoms with E-state index in [1.807, 2.05) is 6.20 Å². The number of β-amino-alcohol motifs (C(OH)–C–C–N with tert-alkyl or cyclic N) is 1. The van der Waals surface area contributed by atoms with Gasteiger partial charge in [-0.1, -0.05) is 23.8 Å². The molecule has 2 fully saturated rings. The molecule has 152 valence electrons. The SMILES string of the molecule is CN1CCN(c2ccc(-c3nccc4c3C=C(CN3CCC(O)C3)C4)cc2)CC1. The van der Waals surface area contributed by atoms with Crippen LogP contribution in [0.2, 0.25) is 0 Å². The van der Waals surface area contributed by atoms with Gasteiger partial charge in [0.25, 0.3) is 0 Å². The van der Waals surface area contributed by atoms with E-state index in [4.69, 9.17) is 4.98 Å². The van der Waals surface area contributed by atoms with Gasteiger partial charge >= 0.3 is 0 Å². The van der Waals surface area contributed by atoms with E-state index in [9.17, 15) is 5.11 Å². The summed E-state index contributed by atoms with van der Waals surface area (Å²) in [6.45, 7) is 7.17. The third-order valence-corrected chi connectivity index (χ3v) is 6.53. The molecule has 0 radical (unpaired) electrons. The highest BCUT2D eigenvalue weighted by molar-refractivity contribution is 5.78. The Balaban J connectivity index is 1.34. The Morgan fingerprint density at radius 1 is 1.03 bits per heavy atom. The largest absolute Gasteiger partial charge is 0.392 e. The summed E-state index contributed by atoms with van der Waals surface area (Å²) in [5.41, 5.74) is 7.65. The van der Waals surface area contributed by atoms with Crippen LogP contribution < -0.4 is 4.90 Å². The average molecular weight is 391 g/mol. The van der Waals surface area contributed by atoms with Crippen LogP contribution in [0.4, 0.5) is 5.69 Å². The number of nitrogens with zero attached hydrogens (tertiary/aromatic N) is 4. The summed E-state index contributed by atoms with van der Waals surface area (Å²) in [6, 6.07) is 11.1. The quantitative estimate of drug-likeness (QED) is 0.869. The third kappa shape index (κ3) is 3.95. The predicted molar refractivity (Wildman–Crippen MR) is 118 cm³/mol. The van der Waals surface area contributed by atoms with Crippen molar-refractivity contribution in [2.45, 2.75) is 18.9 Å². The van der Waals surface area contributed by atoms with Crippen LogP contribution in [0, 0.1) is 0 Å². The molecular weight excluding hydrogens is 360 g/mol. The number of benzene rings is 1. The number of anilines is 1. The van der Waals surface area contributed by atoms with Crippen molar-refractivity contribution in [3.05, 3.63) is 53.2 Å². The Bertz CT molecular complexity index is 900. The van der Waals surface area contributed by atoms with E-state index < -0.39 is 0 Å². The Morgan fingerprint density at radius 3 is 2.55 bits per heavy atom. The fourth-order valence-corrected chi connectivity index (χ4v) is 4.80. The molecule has 2 aliphatic heterocycles. The summed E-state index contributed by atoms with van der Waals surface area (Å²) >= 11 is 0. The first-order valence-electron chi connectivity index (χ1n) is 10.8. The van der Waals surface area contributed by atoms with Crippen LogP contribution in [0.3, 0.4) is 0 Å². The minimum absolute atomic E-state index is 0.157. The Kier molecular flexibility index (Phi) is 5.12. The number of likely N-dealkylation sites (tertiary alicyclic amines) is 1. The zero-order valence-electron chi connectivity index (χ0n) is 17.2. The molecule has 0 saturated carbocycles. The Labute approximate surface area is 173 Å². The lowest BCUT2D eigenvalue weighted by molar-refractivity contribution is 0.179. The molecule has 5 heteroatoms. The lowest BCUT2D eigenvalue weighted by Crippen LogP contribution is -2.44. The normalized spacial score (nSPS) is 22.8. The lowest BCUT2D eigenvalue weighted by atomic mass is 10.0. The topological polar surface area (TPSA) is 42.8 Å². The van der Waals surface area contributed by atoms with Gasteiger partial charge in [0, 0.05) is 68.8 Å². The molecule has 1 aromatic heterocycles. The first-order chi connectivity index (χ1) is 14.2. The summed E-state index contributed by atoms with van der Waals surface area (Å²) in [5, 5.41) is 9.79. The van der Waals surface area contributed by atoms with Crippen LogP contribution in [0.15, 0.2) is 42.1 Å². The maximum absolute atomic E-state index is 9.79. The van der Waals surface area contributed by atoms with E-state index in [1.54, 1.807) is 0 Å². The van der Waals surface area contributed by atoms with E-state index in [-0.39, 0.29) is 6.10 Å². The molecule has 5 rings (SSSR count). The average Bonchev–Trinajstić information content (AvgIpc) is 3.34. The monoisotopic (exact) mass is 390 g/mol. The van der Waals surface area contributed by atoms with Crippen LogP contribution in [0.1, 0.15) is 17.5 Å². The van der Waals surface area contributed by atoms with Crippen LogP contribution in [-0.4, -0.2) is 78.9 Å². The van der Waals surface area contributed by atoms with Gasteiger partial charge in [-0.15, -0.1) is 0 Å². The van der Waals surface area contributed by atoms with Crippen molar-refractivity contribution in [1.82, 2.24) is 14.8 Å². The number of likely N-dealkylation sites (N-methyl/N-ethyl adjacent to an activating group) is 1. The summed E-state index contributed by atoms with van der Waals surface area (Å²) in [6.07, 6.45) is 6.01. The van der Waals surface area contributed by atoms with Gasteiger partial charge in [-0.25, -0.2) is 0 Å². The van der Waals surface area contributed by atoms with Gasteiger partial charge in [0.1, 0.15) is 0 Å². The van der Waals surface area contributed by atoms with E-state index in [0.29, 0.717) is 0 Å². The standard InChI is InChI=1S/C24H30N4O/c1-26-10-12-28(13-11-26)21-4-2-19(3-5-21)24-23-15-18(14-20(23)6-8-25-24)16-27-9-7-22(29)17-27/h2-6,8,15,22,29H,7,9-14,16-17H2,1H3. The van der Waals surface area contributed by atoms with Gasteiger partial charge in [-0.3, -0.25) is 9.88 Å². The number of rotatable bonds is 4. The second kappa shape index (κ2) is 7.90. The minimum atomic E-state index is -0.157. The van der Waals surface area contributed by atoms with Crippen molar-refractivity contribution in [1.29, 1.82) is 0 Å². The van der Waals surface area contributed by atoms with Crippen molar-refractivity contribution >= 4 is 11.8 Å². The van der Waals surface area contributed by atoms with Crippen LogP contribution in [0.25, 0.3) is 17.3 Å². The predicted octanol–water partition coefficient (Wildman–Crippen LogP) is 2.51. The lowest BCUT2D eigenvalue weighted by Gasteiger charge is -2.34. The van der Waals surface area contributed by atoms with Gasteiger partial charge < -0.3 is 14.9 Å². The number of pyridine rings is 1. The molecule has 2 aromatic rings. The maximum Gasteiger partial charge on any atom is 0.0777 e. The molecule has 0 amide bonds. The van der Waals surface area contributed by atoms with Crippen molar-refractivity contribution in [2.24, 2.45) is 0 Å². The maximum atomic E-state index is 9.79. The Morgan fingerprint density at radius 2 is 1.83 bits per heavy atom. The number of aliphatic hydroxyl groups is 1. The van der Waals surface area contributed by atoms with E-state index in [2.05, 4.69) is 58.2 Å². The number of aliphatic hydroxyl groups excluding tert-OH is 1. The first-order valence-corrected chi connectivity index (χ1v) is 10.8. The molecule has 1 aromatic carbocycles. The number of fused-ring (bicyclic) bond motifs is 1. The summed E-state index contributed by atoms with van der Waals surface area (Å²) in [5.74, 6) is 0. The number of piperazine rings is 1. The zero-order valence-corrected chi connectivity index (χ0v) is 17.2.